The average molecular weight is 266 g/mol. The number of ether oxygens (including phenoxy) is 2. The molecule has 2 aromatic rings. The van der Waals surface area contributed by atoms with Crippen LogP contribution >= 0.6 is 11.6 Å². The zero-order chi connectivity index (χ0) is 12.4. The lowest BCUT2D eigenvalue weighted by Gasteiger charge is -2.20. The maximum Gasteiger partial charge on any atom is 0.182 e. The number of hydrogen-bond donors (Lipinski definition) is 1. The van der Waals surface area contributed by atoms with Crippen molar-refractivity contribution in [3.63, 3.8) is 0 Å². The standard InChI is InChI=1S/C12H12ClN3O2/c13-9-4-2-1-3-8(9)11-14-12(16-15-11)10-7-17-5-6-18-10/h1-4,10H,5-7H2,(H,14,15,16). The highest BCUT2D eigenvalue weighted by atomic mass is 35.5. The van der Waals surface area contributed by atoms with Crippen LogP contribution in [0.3, 0.4) is 0 Å². The van der Waals surface area contributed by atoms with Crippen molar-refractivity contribution in [1.29, 1.82) is 0 Å². The first-order valence-corrected chi connectivity index (χ1v) is 6.09. The minimum Gasteiger partial charge on any atom is -0.376 e. The van der Waals surface area contributed by atoms with E-state index in [1.165, 1.54) is 0 Å². The van der Waals surface area contributed by atoms with Gasteiger partial charge in [0.1, 0.15) is 6.10 Å². The van der Waals surface area contributed by atoms with Gasteiger partial charge in [0, 0.05) is 5.56 Å². The molecule has 0 saturated carbocycles. The van der Waals surface area contributed by atoms with Gasteiger partial charge in [-0.3, -0.25) is 5.10 Å². The summed E-state index contributed by atoms with van der Waals surface area (Å²) in [4.78, 5) is 4.41. The molecular formula is C12H12ClN3O2. The Balaban J connectivity index is 1.87. The molecule has 5 nitrogen and oxygen atoms in total. The third-order valence-corrected chi connectivity index (χ3v) is 3.07. The lowest BCUT2D eigenvalue weighted by atomic mass is 10.2. The molecule has 1 unspecified atom stereocenters. The normalized spacial score (nSPS) is 19.9. The van der Waals surface area contributed by atoms with Gasteiger partial charge in [0.25, 0.3) is 0 Å². The van der Waals surface area contributed by atoms with Gasteiger partial charge in [0.2, 0.25) is 0 Å². The van der Waals surface area contributed by atoms with Crippen LogP contribution in [0.2, 0.25) is 5.02 Å². The summed E-state index contributed by atoms with van der Waals surface area (Å²) in [5.41, 5.74) is 0.804. The second kappa shape index (κ2) is 5.06. The van der Waals surface area contributed by atoms with Crippen LogP contribution in [0.4, 0.5) is 0 Å². The minimum absolute atomic E-state index is 0.178. The maximum atomic E-state index is 6.10. The average Bonchev–Trinajstić information content (AvgIpc) is 2.90. The van der Waals surface area contributed by atoms with E-state index >= 15 is 0 Å². The molecule has 0 radical (unpaired) electrons. The molecule has 6 heteroatoms. The molecule has 0 amide bonds. The second-order valence-corrected chi connectivity index (χ2v) is 4.37. The summed E-state index contributed by atoms with van der Waals surface area (Å²) in [5.74, 6) is 1.24. The molecule has 0 spiro atoms. The van der Waals surface area contributed by atoms with Gasteiger partial charge in [0.15, 0.2) is 11.6 Å². The quantitative estimate of drug-likeness (QED) is 0.904. The van der Waals surface area contributed by atoms with Gasteiger partial charge < -0.3 is 9.47 Å². The summed E-state index contributed by atoms with van der Waals surface area (Å²) in [5, 5.41) is 7.67. The van der Waals surface area contributed by atoms with Crippen LogP contribution in [-0.2, 0) is 9.47 Å². The summed E-state index contributed by atoms with van der Waals surface area (Å²) >= 11 is 6.10. The smallest absolute Gasteiger partial charge is 0.182 e. The molecule has 0 bridgehead atoms. The lowest BCUT2D eigenvalue weighted by molar-refractivity contribution is -0.0933. The van der Waals surface area contributed by atoms with Crippen molar-refractivity contribution < 1.29 is 9.47 Å². The van der Waals surface area contributed by atoms with Gasteiger partial charge in [-0.05, 0) is 12.1 Å². The zero-order valence-corrected chi connectivity index (χ0v) is 10.4. The molecule has 1 atom stereocenters. The van der Waals surface area contributed by atoms with Gasteiger partial charge >= 0.3 is 0 Å². The fourth-order valence-electron chi connectivity index (χ4n) is 1.83. The van der Waals surface area contributed by atoms with Crippen molar-refractivity contribution in [2.45, 2.75) is 6.10 Å². The van der Waals surface area contributed by atoms with E-state index in [9.17, 15) is 0 Å². The summed E-state index contributed by atoms with van der Waals surface area (Å²) in [7, 11) is 0. The molecule has 2 heterocycles. The highest BCUT2D eigenvalue weighted by Gasteiger charge is 2.21. The first-order chi connectivity index (χ1) is 8.84. The number of aromatic amines is 1. The third-order valence-electron chi connectivity index (χ3n) is 2.74. The minimum atomic E-state index is -0.178. The Bertz CT molecular complexity index is 538. The number of halogens is 1. The maximum absolute atomic E-state index is 6.10. The fraction of sp³-hybridized carbons (Fsp3) is 0.333. The molecule has 1 aliphatic rings. The Labute approximate surface area is 109 Å². The van der Waals surface area contributed by atoms with Crippen LogP contribution in [-0.4, -0.2) is 35.0 Å². The summed E-state index contributed by atoms with van der Waals surface area (Å²) in [6.07, 6.45) is -0.178. The van der Waals surface area contributed by atoms with Crippen LogP contribution in [0.25, 0.3) is 11.4 Å². The Hall–Kier alpha value is -1.43. The first kappa shape index (κ1) is 11.6. The van der Waals surface area contributed by atoms with E-state index in [2.05, 4.69) is 15.2 Å². The fourth-order valence-corrected chi connectivity index (χ4v) is 2.05. The molecule has 1 aromatic carbocycles. The van der Waals surface area contributed by atoms with E-state index in [-0.39, 0.29) is 6.10 Å². The summed E-state index contributed by atoms with van der Waals surface area (Å²) in [6, 6.07) is 7.47. The molecule has 94 valence electrons. The van der Waals surface area contributed by atoms with E-state index in [1.54, 1.807) is 0 Å². The van der Waals surface area contributed by atoms with Crippen LogP contribution in [0.1, 0.15) is 11.9 Å². The zero-order valence-electron chi connectivity index (χ0n) is 9.60. The predicted octanol–water partition coefficient (Wildman–Crippen LogP) is 2.21. The number of rotatable bonds is 2. The number of hydrogen-bond acceptors (Lipinski definition) is 4. The Morgan fingerprint density at radius 1 is 1.28 bits per heavy atom. The second-order valence-electron chi connectivity index (χ2n) is 3.96. The van der Waals surface area contributed by atoms with Gasteiger partial charge in [-0.15, -0.1) is 0 Å². The van der Waals surface area contributed by atoms with Crippen molar-refractivity contribution in [2.24, 2.45) is 0 Å². The van der Waals surface area contributed by atoms with Gasteiger partial charge in [-0.1, -0.05) is 23.7 Å². The SMILES string of the molecule is Clc1ccccc1-c1n[nH]c(C2COCCO2)n1. The van der Waals surface area contributed by atoms with E-state index in [0.29, 0.717) is 36.5 Å². The predicted molar refractivity (Wildman–Crippen MR) is 66.3 cm³/mol. The number of benzene rings is 1. The Kier molecular flexibility index (Phi) is 3.27. The molecular weight excluding hydrogens is 254 g/mol. The van der Waals surface area contributed by atoms with Crippen molar-refractivity contribution in [3.8, 4) is 11.4 Å². The highest BCUT2D eigenvalue weighted by Crippen LogP contribution is 2.26. The van der Waals surface area contributed by atoms with Crippen molar-refractivity contribution in [3.05, 3.63) is 35.1 Å². The van der Waals surface area contributed by atoms with Crippen LogP contribution in [0.15, 0.2) is 24.3 Å². The van der Waals surface area contributed by atoms with E-state index in [1.807, 2.05) is 24.3 Å². The van der Waals surface area contributed by atoms with E-state index in [0.717, 1.165) is 5.56 Å². The van der Waals surface area contributed by atoms with Crippen molar-refractivity contribution >= 4 is 11.6 Å². The molecule has 0 aliphatic carbocycles. The summed E-state index contributed by atoms with van der Waals surface area (Å²) in [6.45, 7) is 1.70. The largest absolute Gasteiger partial charge is 0.376 e. The molecule has 1 aromatic heterocycles. The molecule has 1 fully saturated rings. The van der Waals surface area contributed by atoms with Crippen molar-refractivity contribution in [1.82, 2.24) is 15.2 Å². The molecule has 18 heavy (non-hydrogen) atoms. The number of aromatic nitrogens is 3. The highest BCUT2D eigenvalue weighted by molar-refractivity contribution is 6.33. The molecule has 1 aliphatic heterocycles. The van der Waals surface area contributed by atoms with Crippen LogP contribution in [0.5, 0.6) is 0 Å². The number of nitrogens with zero attached hydrogens (tertiary/aromatic N) is 2. The van der Waals surface area contributed by atoms with Crippen molar-refractivity contribution in [2.75, 3.05) is 19.8 Å². The van der Waals surface area contributed by atoms with Crippen LogP contribution < -0.4 is 0 Å². The summed E-state index contributed by atoms with van der Waals surface area (Å²) < 4.78 is 10.9. The van der Waals surface area contributed by atoms with E-state index in [4.69, 9.17) is 21.1 Å². The third kappa shape index (κ3) is 2.25. The van der Waals surface area contributed by atoms with Crippen LogP contribution in [0, 0.1) is 0 Å². The topological polar surface area (TPSA) is 60.0 Å². The number of nitrogens with one attached hydrogen (secondary N) is 1. The number of H-pyrrole nitrogens is 1. The molecule has 1 saturated heterocycles. The Morgan fingerprint density at radius 2 is 2.17 bits per heavy atom. The Morgan fingerprint density at radius 3 is 2.94 bits per heavy atom. The lowest BCUT2D eigenvalue weighted by Crippen LogP contribution is -2.22. The monoisotopic (exact) mass is 265 g/mol. The molecule has 3 rings (SSSR count). The van der Waals surface area contributed by atoms with Gasteiger partial charge in [-0.2, -0.15) is 5.10 Å². The first-order valence-electron chi connectivity index (χ1n) is 5.71. The molecule has 1 N–H and O–H groups in total. The van der Waals surface area contributed by atoms with Gasteiger partial charge in [-0.25, -0.2) is 4.98 Å². The van der Waals surface area contributed by atoms with Gasteiger partial charge in [0.05, 0.1) is 24.8 Å². The van der Waals surface area contributed by atoms with E-state index < -0.39 is 0 Å².